The molecule has 1 aromatic rings. The van der Waals surface area contributed by atoms with Crippen LogP contribution in [0.2, 0.25) is 0 Å². The van der Waals surface area contributed by atoms with Gasteiger partial charge in [0, 0.05) is 19.2 Å². The minimum atomic E-state index is -1.78. The molecule has 8 nitrogen and oxygen atoms in total. The molecule has 1 saturated heterocycles. The summed E-state index contributed by atoms with van der Waals surface area (Å²) in [4.78, 5) is 24.5. The zero-order valence-corrected chi connectivity index (χ0v) is 17.6. The SMILES string of the molecule is CC(C)COC(=O)C[C@H](NC(=O)C1CNCCO1)C(O)COc1c(F)c(F)cc(F)c1F. The number of halogens is 4. The number of aliphatic hydroxyl groups is 1. The fourth-order valence-corrected chi connectivity index (χ4v) is 2.75. The van der Waals surface area contributed by atoms with E-state index < -0.39 is 72.2 Å². The van der Waals surface area contributed by atoms with Gasteiger partial charge in [0.1, 0.15) is 18.8 Å². The second-order valence-corrected chi connectivity index (χ2v) is 7.64. The Hall–Kier alpha value is -2.44. The van der Waals surface area contributed by atoms with Crippen LogP contribution in [-0.2, 0) is 19.1 Å². The number of aliphatic hydroxyl groups excluding tert-OH is 1. The Labute approximate surface area is 182 Å². The summed E-state index contributed by atoms with van der Waals surface area (Å²) in [5.74, 6) is -9.66. The average Bonchev–Trinajstić information content (AvgIpc) is 2.76. The van der Waals surface area contributed by atoms with E-state index >= 15 is 0 Å². The Morgan fingerprint density at radius 1 is 1.22 bits per heavy atom. The number of morpholine rings is 1. The summed E-state index contributed by atoms with van der Waals surface area (Å²) >= 11 is 0. The Kier molecular flexibility index (Phi) is 9.66. The van der Waals surface area contributed by atoms with Gasteiger partial charge in [0.15, 0.2) is 17.4 Å². The highest BCUT2D eigenvalue weighted by molar-refractivity contribution is 5.82. The monoisotopic (exact) mass is 466 g/mol. The number of nitrogens with one attached hydrogen (secondary N) is 2. The first kappa shape index (κ1) is 25.8. The maximum absolute atomic E-state index is 13.8. The van der Waals surface area contributed by atoms with Crippen molar-refractivity contribution in [3.05, 3.63) is 29.3 Å². The lowest BCUT2D eigenvalue weighted by Gasteiger charge is -2.28. The van der Waals surface area contributed by atoms with Gasteiger partial charge in [-0.2, -0.15) is 8.78 Å². The van der Waals surface area contributed by atoms with Crippen LogP contribution < -0.4 is 15.4 Å². The van der Waals surface area contributed by atoms with Gasteiger partial charge in [-0.25, -0.2) is 8.78 Å². The molecule has 3 N–H and O–H groups in total. The summed E-state index contributed by atoms with van der Waals surface area (Å²) in [6, 6.07) is -1.28. The van der Waals surface area contributed by atoms with Crippen molar-refractivity contribution in [2.24, 2.45) is 5.92 Å². The van der Waals surface area contributed by atoms with E-state index in [4.69, 9.17) is 14.2 Å². The van der Waals surface area contributed by atoms with Crippen molar-refractivity contribution < 1.29 is 46.5 Å². The molecule has 0 spiro atoms. The first-order valence-electron chi connectivity index (χ1n) is 10.0. The second kappa shape index (κ2) is 12.0. The Morgan fingerprint density at radius 2 is 1.88 bits per heavy atom. The number of rotatable bonds is 10. The molecule has 1 aliphatic rings. The quantitative estimate of drug-likeness (QED) is 0.269. The fourth-order valence-electron chi connectivity index (χ4n) is 2.75. The molecule has 2 unspecified atom stereocenters. The number of ether oxygens (including phenoxy) is 3. The lowest BCUT2D eigenvalue weighted by molar-refractivity contribution is -0.147. The van der Waals surface area contributed by atoms with Crippen LogP contribution in [0.4, 0.5) is 17.6 Å². The van der Waals surface area contributed by atoms with Crippen LogP contribution in [0.1, 0.15) is 20.3 Å². The van der Waals surface area contributed by atoms with Crippen LogP contribution in [-0.4, -0.2) is 68.1 Å². The van der Waals surface area contributed by atoms with Gasteiger partial charge in [-0.15, -0.1) is 0 Å². The zero-order valence-electron chi connectivity index (χ0n) is 17.6. The Bertz CT molecular complexity index is 779. The predicted octanol–water partition coefficient (Wildman–Crippen LogP) is 1.05. The van der Waals surface area contributed by atoms with Crippen LogP contribution in [0.25, 0.3) is 0 Å². The largest absolute Gasteiger partial charge is 0.485 e. The smallest absolute Gasteiger partial charge is 0.307 e. The normalized spacial score (nSPS) is 18.2. The molecule has 3 atom stereocenters. The molecule has 0 radical (unpaired) electrons. The van der Waals surface area contributed by atoms with E-state index in [1.54, 1.807) is 0 Å². The van der Waals surface area contributed by atoms with E-state index in [1.807, 2.05) is 13.8 Å². The van der Waals surface area contributed by atoms with E-state index in [1.165, 1.54) is 0 Å². The van der Waals surface area contributed by atoms with Crippen molar-refractivity contribution >= 4 is 11.9 Å². The molecule has 1 aromatic carbocycles. The maximum Gasteiger partial charge on any atom is 0.307 e. The molecule has 0 aromatic heterocycles. The molecular weight excluding hydrogens is 440 g/mol. The first-order chi connectivity index (χ1) is 15.1. The van der Waals surface area contributed by atoms with Crippen LogP contribution in [0.3, 0.4) is 0 Å². The first-order valence-corrected chi connectivity index (χ1v) is 10.0. The lowest BCUT2D eigenvalue weighted by atomic mass is 10.1. The van der Waals surface area contributed by atoms with Crippen molar-refractivity contribution in [3.8, 4) is 5.75 Å². The minimum Gasteiger partial charge on any atom is -0.485 e. The zero-order chi connectivity index (χ0) is 23.8. The van der Waals surface area contributed by atoms with Crippen LogP contribution >= 0.6 is 0 Å². The molecule has 1 heterocycles. The van der Waals surface area contributed by atoms with E-state index in [9.17, 15) is 32.3 Å². The highest BCUT2D eigenvalue weighted by Crippen LogP contribution is 2.26. The van der Waals surface area contributed by atoms with E-state index in [0.29, 0.717) is 6.54 Å². The molecule has 0 saturated carbocycles. The van der Waals surface area contributed by atoms with Gasteiger partial charge in [0.2, 0.25) is 11.6 Å². The molecule has 180 valence electrons. The summed E-state index contributed by atoms with van der Waals surface area (Å²) in [5, 5.41) is 15.8. The van der Waals surface area contributed by atoms with Crippen LogP contribution in [0, 0.1) is 29.2 Å². The summed E-state index contributed by atoms with van der Waals surface area (Å²) < 4.78 is 69.3. The number of amides is 1. The van der Waals surface area contributed by atoms with Gasteiger partial charge >= 0.3 is 5.97 Å². The molecule has 0 aliphatic carbocycles. The molecule has 1 amide bonds. The summed E-state index contributed by atoms with van der Waals surface area (Å²) in [6.45, 7) is 3.85. The molecule has 32 heavy (non-hydrogen) atoms. The summed E-state index contributed by atoms with van der Waals surface area (Å²) in [5.41, 5.74) is 0. The third-order valence-corrected chi connectivity index (χ3v) is 4.45. The third kappa shape index (κ3) is 7.31. The van der Waals surface area contributed by atoms with E-state index in [0.717, 1.165) is 0 Å². The average molecular weight is 466 g/mol. The van der Waals surface area contributed by atoms with Gasteiger partial charge in [-0.3, -0.25) is 9.59 Å². The highest BCUT2D eigenvalue weighted by atomic mass is 19.2. The maximum atomic E-state index is 13.8. The highest BCUT2D eigenvalue weighted by Gasteiger charge is 2.31. The van der Waals surface area contributed by atoms with Crippen molar-refractivity contribution in [1.29, 1.82) is 0 Å². The molecule has 1 aliphatic heterocycles. The Morgan fingerprint density at radius 3 is 2.44 bits per heavy atom. The molecule has 2 rings (SSSR count). The van der Waals surface area contributed by atoms with Crippen molar-refractivity contribution in [3.63, 3.8) is 0 Å². The number of benzene rings is 1. The summed E-state index contributed by atoms with van der Waals surface area (Å²) in [6.07, 6.45) is -3.07. The third-order valence-electron chi connectivity index (χ3n) is 4.45. The lowest BCUT2D eigenvalue weighted by Crippen LogP contribution is -2.54. The van der Waals surface area contributed by atoms with Crippen molar-refractivity contribution in [1.82, 2.24) is 10.6 Å². The number of carbonyl (C=O) groups is 2. The molecule has 1 fully saturated rings. The van der Waals surface area contributed by atoms with Gasteiger partial charge in [0.05, 0.1) is 25.7 Å². The Balaban J connectivity index is 2.09. The number of carbonyl (C=O) groups excluding carboxylic acids is 2. The number of esters is 1. The summed E-state index contributed by atoms with van der Waals surface area (Å²) in [7, 11) is 0. The topological polar surface area (TPSA) is 106 Å². The van der Waals surface area contributed by atoms with Gasteiger partial charge < -0.3 is 30.0 Å². The van der Waals surface area contributed by atoms with Gasteiger partial charge in [-0.05, 0) is 5.92 Å². The predicted molar refractivity (Wildman–Crippen MR) is 103 cm³/mol. The standard InChI is InChI=1S/C20H26F4N2O6/c1-10(2)8-31-16(28)6-13(26-20(29)15-7-25-3-4-30-15)14(27)9-32-19-17(23)11(21)5-12(22)18(19)24/h5,10,13-15,25,27H,3-4,6-9H2,1-2H3,(H,26,29)/t13-,14?,15?/m0/s1. The molecule has 0 bridgehead atoms. The number of hydrogen-bond acceptors (Lipinski definition) is 7. The molecule has 12 heteroatoms. The van der Waals surface area contributed by atoms with Gasteiger partial charge in [-0.1, -0.05) is 13.8 Å². The van der Waals surface area contributed by atoms with Gasteiger partial charge in [0.25, 0.3) is 5.91 Å². The fraction of sp³-hybridized carbons (Fsp3) is 0.600. The van der Waals surface area contributed by atoms with E-state index in [2.05, 4.69) is 10.6 Å². The van der Waals surface area contributed by atoms with E-state index in [-0.39, 0.29) is 31.7 Å². The second-order valence-electron chi connectivity index (χ2n) is 7.64. The van der Waals surface area contributed by atoms with Crippen LogP contribution in [0.5, 0.6) is 5.75 Å². The minimum absolute atomic E-state index is 0.0138. The van der Waals surface area contributed by atoms with Crippen molar-refractivity contribution in [2.75, 3.05) is 32.9 Å². The van der Waals surface area contributed by atoms with Crippen molar-refractivity contribution in [2.45, 2.75) is 38.5 Å². The molecular formula is C20H26F4N2O6. The van der Waals surface area contributed by atoms with Crippen LogP contribution in [0.15, 0.2) is 6.07 Å². The number of hydrogen-bond donors (Lipinski definition) is 3.